The number of likely N-dealkylation sites (tertiary alicyclic amines) is 1. The van der Waals surface area contributed by atoms with Crippen LogP contribution in [-0.4, -0.2) is 40.3 Å². The Morgan fingerprint density at radius 1 is 1.11 bits per heavy atom. The van der Waals surface area contributed by atoms with Gasteiger partial charge < -0.3 is 14.8 Å². The van der Waals surface area contributed by atoms with E-state index in [1.807, 2.05) is 31.2 Å². The van der Waals surface area contributed by atoms with Crippen LogP contribution in [0.3, 0.4) is 0 Å². The van der Waals surface area contributed by atoms with E-state index in [0.29, 0.717) is 11.7 Å². The summed E-state index contributed by atoms with van der Waals surface area (Å²) in [7, 11) is 0. The molecule has 0 unspecified atom stereocenters. The van der Waals surface area contributed by atoms with Gasteiger partial charge in [0.2, 0.25) is 5.88 Å². The van der Waals surface area contributed by atoms with E-state index in [9.17, 15) is 5.21 Å². The van der Waals surface area contributed by atoms with Gasteiger partial charge in [0.15, 0.2) is 5.84 Å². The van der Waals surface area contributed by atoms with Crippen molar-refractivity contribution in [3.8, 4) is 11.6 Å². The smallest absolute Gasteiger partial charge is 0.230 e. The number of thioether (sulfide) groups is 1. The van der Waals surface area contributed by atoms with Crippen LogP contribution in [0, 0.1) is 13.8 Å². The van der Waals surface area contributed by atoms with Crippen molar-refractivity contribution in [3.05, 3.63) is 47.2 Å². The number of ether oxygens (including phenoxy) is 1. The molecule has 0 radical (unpaired) electrons. The van der Waals surface area contributed by atoms with Crippen molar-refractivity contribution >= 4 is 17.6 Å². The molecule has 1 aliphatic rings. The minimum absolute atomic E-state index is 0.475. The molecule has 1 saturated heterocycles. The number of hydrogen-bond donors (Lipinski definition) is 1. The number of pyridine rings is 1. The highest BCUT2D eigenvalue weighted by Crippen LogP contribution is 2.29. The van der Waals surface area contributed by atoms with Gasteiger partial charge in [-0.2, -0.15) is 0 Å². The third-order valence-electron chi connectivity index (χ3n) is 4.82. The van der Waals surface area contributed by atoms with Gasteiger partial charge in [0, 0.05) is 23.7 Å². The SMILES string of the molecule is CSc1ccc(Oc2nc(C)ccc2/C(=N/O)N2CCCCCC2)cc1C. The largest absolute Gasteiger partial charge is 0.438 e. The fraction of sp³-hybridized carbons (Fsp3) is 0.429. The molecule has 5 nitrogen and oxygen atoms in total. The van der Waals surface area contributed by atoms with Crippen molar-refractivity contribution in [2.45, 2.75) is 44.4 Å². The Kier molecular flexibility index (Phi) is 6.61. The van der Waals surface area contributed by atoms with Gasteiger partial charge in [-0.15, -0.1) is 11.8 Å². The van der Waals surface area contributed by atoms with Crippen molar-refractivity contribution in [2.75, 3.05) is 19.3 Å². The molecule has 0 spiro atoms. The topological polar surface area (TPSA) is 58.0 Å². The van der Waals surface area contributed by atoms with E-state index in [1.165, 1.54) is 17.7 Å². The zero-order valence-electron chi connectivity index (χ0n) is 16.2. The number of oxime groups is 1. The van der Waals surface area contributed by atoms with Crippen molar-refractivity contribution < 1.29 is 9.94 Å². The fourth-order valence-corrected chi connectivity index (χ4v) is 3.96. The second kappa shape index (κ2) is 9.13. The summed E-state index contributed by atoms with van der Waals surface area (Å²) in [6.07, 6.45) is 6.69. The summed E-state index contributed by atoms with van der Waals surface area (Å²) in [5, 5.41) is 13.4. The van der Waals surface area contributed by atoms with E-state index in [-0.39, 0.29) is 0 Å². The molecule has 1 aliphatic heterocycles. The molecule has 144 valence electrons. The van der Waals surface area contributed by atoms with E-state index < -0.39 is 0 Å². The minimum Gasteiger partial charge on any atom is -0.438 e. The lowest BCUT2D eigenvalue weighted by atomic mass is 10.2. The number of nitrogens with zero attached hydrogens (tertiary/aromatic N) is 3. The number of benzene rings is 1. The Morgan fingerprint density at radius 2 is 1.85 bits per heavy atom. The van der Waals surface area contributed by atoms with E-state index >= 15 is 0 Å². The van der Waals surface area contributed by atoms with Crippen molar-refractivity contribution in [1.29, 1.82) is 0 Å². The van der Waals surface area contributed by atoms with Gasteiger partial charge in [-0.25, -0.2) is 4.98 Å². The number of hydrogen-bond acceptors (Lipinski definition) is 5. The quantitative estimate of drug-likeness (QED) is 0.257. The highest BCUT2D eigenvalue weighted by atomic mass is 32.2. The van der Waals surface area contributed by atoms with Crippen molar-refractivity contribution in [1.82, 2.24) is 9.88 Å². The molecular weight excluding hydrogens is 358 g/mol. The summed E-state index contributed by atoms with van der Waals surface area (Å²) in [4.78, 5) is 7.94. The molecule has 2 heterocycles. The highest BCUT2D eigenvalue weighted by Gasteiger charge is 2.21. The normalized spacial score (nSPS) is 15.5. The van der Waals surface area contributed by atoms with Crippen molar-refractivity contribution in [3.63, 3.8) is 0 Å². The Morgan fingerprint density at radius 3 is 2.48 bits per heavy atom. The minimum atomic E-state index is 0.475. The van der Waals surface area contributed by atoms with Gasteiger partial charge in [-0.3, -0.25) is 0 Å². The summed E-state index contributed by atoms with van der Waals surface area (Å²) < 4.78 is 6.14. The molecule has 27 heavy (non-hydrogen) atoms. The summed E-state index contributed by atoms with van der Waals surface area (Å²) in [5.41, 5.74) is 2.74. The molecule has 0 atom stereocenters. The van der Waals surface area contributed by atoms with Crippen LogP contribution in [0.2, 0.25) is 0 Å². The van der Waals surface area contributed by atoms with E-state index in [4.69, 9.17) is 4.74 Å². The molecular formula is C21H27N3O2S. The molecule has 6 heteroatoms. The predicted octanol–water partition coefficient (Wildman–Crippen LogP) is 5.22. The lowest BCUT2D eigenvalue weighted by molar-refractivity contribution is 0.300. The third-order valence-corrected chi connectivity index (χ3v) is 5.72. The zero-order valence-corrected chi connectivity index (χ0v) is 17.1. The van der Waals surface area contributed by atoms with Crippen LogP contribution in [0.4, 0.5) is 0 Å². The van der Waals surface area contributed by atoms with E-state index in [2.05, 4.69) is 34.3 Å². The first-order valence-electron chi connectivity index (χ1n) is 9.40. The third kappa shape index (κ3) is 4.75. The maximum Gasteiger partial charge on any atom is 0.230 e. The molecule has 0 amide bonds. The van der Waals surface area contributed by atoms with Gasteiger partial charge in [-0.1, -0.05) is 18.0 Å². The van der Waals surface area contributed by atoms with Crippen LogP contribution in [0.25, 0.3) is 0 Å². The lowest BCUT2D eigenvalue weighted by Gasteiger charge is -2.24. The van der Waals surface area contributed by atoms with Gasteiger partial charge >= 0.3 is 0 Å². The molecule has 0 saturated carbocycles. The number of aromatic nitrogens is 1. The Balaban J connectivity index is 1.93. The number of rotatable bonds is 4. The first kappa shape index (κ1) is 19.5. The Bertz CT molecular complexity index is 815. The molecule has 0 aliphatic carbocycles. The van der Waals surface area contributed by atoms with Crippen LogP contribution in [0.15, 0.2) is 40.4 Å². The monoisotopic (exact) mass is 385 g/mol. The second-order valence-corrected chi connectivity index (χ2v) is 7.71. The Labute approximate surface area is 165 Å². The second-order valence-electron chi connectivity index (χ2n) is 6.86. The Hall–Kier alpha value is -2.21. The summed E-state index contributed by atoms with van der Waals surface area (Å²) in [6.45, 7) is 5.77. The maximum atomic E-state index is 9.76. The van der Waals surface area contributed by atoms with Crippen LogP contribution in [0.1, 0.15) is 42.5 Å². The summed E-state index contributed by atoms with van der Waals surface area (Å²) in [6, 6.07) is 9.88. The average Bonchev–Trinajstić information content (AvgIpc) is 2.94. The van der Waals surface area contributed by atoms with Crippen LogP contribution < -0.4 is 4.74 Å². The average molecular weight is 386 g/mol. The van der Waals surface area contributed by atoms with E-state index in [1.54, 1.807) is 11.8 Å². The van der Waals surface area contributed by atoms with Crippen LogP contribution in [0.5, 0.6) is 11.6 Å². The summed E-state index contributed by atoms with van der Waals surface area (Å²) in [5.74, 6) is 1.75. The van der Waals surface area contributed by atoms with Crippen LogP contribution >= 0.6 is 11.8 Å². The molecule has 1 fully saturated rings. The first-order valence-corrected chi connectivity index (χ1v) is 10.6. The van der Waals surface area contributed by atoms with Crippen LogP contribution in [-0.2, 0) is 0 Å². The predicted molar refractivity (Wildman–Crippen MR) is 110 cm³/mol. The molecule has 1 aromatic heterocycles. The maximum absolute atomic E-state index is 9.76. The van der Waals surface area contributed by atoms with Gasteiger partial charge in [-0.05, 0) is 68.8 Å². The fourth-order valence-electron chi connectivity index (χ4n) is 3.38. The first-order chi connectivity index (χ1) is 13.1. The van der Waals surface area contributed by atoms with Crippen molar-refractivity contribution in [2.24, 2.45) is 5.16 Å². The standard InChI is InChI=1S/C21H27N3O2S/c1-15-14-17(9-11-19(15)27-3)26-21-18(10-8-16(2)22-21)20(23-25)24-12-6-4-5-7-13-24/h8-11,14,25H,4-7,12-13H2,1-3H3/b23-20-. The lowest BCUT2D eigenvalue weighted by Crippen LogP contribution is -2.33. The summed E-state index contributed by atoms with van der Waals surface area (Å²) >= 11 is 1.72. The molecule has 0 bridgehead atoms. The number of aryl methyl sites for hydroxylation is 2. The highest BCUT2D eigenvalue weighted by molar-refractivity contribution is 7.98. The van der Waals surface area contributed by atoms with Gasteiger partial charge in [0.1, 0.15) is 5.75 Å². The van der Waals surface area contributed by atoms with Gasteiger partial charge in [0.25, 0.3) is 0 Å². The molecule has 1 aromatic carbocycles. The molecule has 3 rings (SSSR count). The molecule has 1 N–H and O–H groups in total. The van der Waals surface area contributed by atoms with Gasteiger partial charge in [0.05, 0.1) is 5.56 Å². The van der Waals surface area contributed by atoms with E-state index in [0.717, 1.165) is 48.5 Å². The molecule has 2 aromatic rings. The zero-order chi connectivity index (χ0) is 19.2. The number of amidine groups is 1.